The fourth-order valence-electron chi connectivity index (χ4n) is 2.08. The molecule has 0 unspecified atom stereocenters. The summed E-state index contributed by atoms with van der Waals surface area (Å²) in [7, 11) is 4.69. The first-order valence-electron chi connectivity index (χ1n) is 8.24. The smallest absolute Gasteiger partial charge is 0.0817 e. The Kier molecular flexibility index (Phi) is 12.1. The molecule has 0 aliphatic carbocycles. The lowest BCUT2D eigenvalue weighted by molar-refractivity contribution is -0.889. The molecule has 0 spiro atoms. The molecule has 0 heterocycles. The third-order valence-electron chi connectivity index (χ3n) is 3.58. The van der Waals surface area contributed by atoms with E-state index < -0.39 is 0 Å². The van der Waals surface area contributed by atoms with Crippen molar-refractivity contribution in [1.82, 2.24) is 0 Å². The molecule has 1 heteroatoms. The topological polar surface area (TPSA) is 0 Å². The van der Waals surface area contributed by atoms with E-state index in [0.29, 0.717) is 0 Å². The lowest BCUT2D eigenvalue weighted by Crippen LogP contribution is -2.40. The quantitative estimate of drug-likeness (QED) is 0.254. The number of rotatable bonds is 12. The van der Waals surface area contributed by atoms with Crippen LogP contribution in [0.4, 0.5) is 0 Å². The van der Waals surface area contributed by atoms with Gasteiger partial charge in [-0.25, -0.2) is 0 Å². The van der Waals surface area contributed by atoms with Crippen molar-refractivity contribution in [2.45, 2.75) is 65.2 Å². The van der Waals surface area contributed by atoms with Gasteiger partial charge in [0.1, 0.15) is 0 Å². The maximum Gasteiger partial charge on any atom is 0.0817 e. The highest BCUT2D eigenvalue weighted by Crippen LogP contribution is 2.05. The molecule has 112 valence electrons. The van der Waals surface area contributed by atoms with Crippen LogP contribution in [0.2, 0.25) is 0 Å². The molecule has 0 rings (SSSR count). The molecule has 1 nitrogen and oxygen atoms in total. The summed E-state index contributed by atoms with van der Waals surface area (Å²) < 4.78 is 1.14. The number of hydrogen-bond acceptors (Lipinski definition) is 0. The number of nitrogens with zero attached hydrogens (tertiary/aromatic N) is 1. The summed E-state index contributed by atoms with van der Waals surface area (Å²) in [5, 5.41) is 0. The highest BCUT2D eigenvalue weighted by molar-refractivity contribution is 4.82. The predicted molar refractivity (Wildman–Crippen MR) is 88.4 cm³/mol. The molecule has 0 aliphatic heterocycles. The number of quaternary nitrogens is 1. The number of unbranched alkanes of at least 4 members (excludes halogenated alkanes) is 4. The molecule has 0 amide bonds. The van der Waals surface area contributed by atoms with Crippen LogP contribution in [0.1, 0.15) is 65.2 Å². The largest absolute Gasteiger partial charge is 0.328 e. The van der Waals surface area contributed by atoms with E-state index in [2.05, 4.69) is 52.2 Å². The summed E-state index contributed by atoms with van der Waals surface area (Å²) in [6.07, 6.45) is 19.7. The van der Waals surface area contributed by atoms with Crippen LogP contribution < -0.4 is 0 Å². The lowest BCUT2D eigenvalue weighted by Gasteiger charge is -2.29. The Balaban J connectivity index is 3.62. The van der Waals surface area contributed by atoms with Crippen molar-refractivity contribution in [2.75, 3.05) is 27.2 Å². The molecular formula is C18H36N+. The van der Waals surface area contributed by atoms with Crippen LogP contribution in [0, 0.1) is 0 Å². The van der Waals surface area contributed by atoms with Gasteiger partial charge in [-0.1, -0.05) is 63.8 Å². The van der Waals surface area contributed by atoms with Crippen LogP contribution in [0.15, 0.2) is 24.3 Å². The van der Waals surface area contributed by atoms with Crippen LogP contribution in [0.5, 0.6) is 0 Å². The summed E-state index contributed by atoms with van der Waals surface area (Å²) in [5.74, 6) is 0. The fourth-order valence-corrected chi connectivity index (χ4v) is 2.08. The Morgan fingerprint density at radius 2 is 1.00 bits per heavy atom. The van der Waals surface area contributed by atoms with Crippen molar-refractivity contribution in [3.8, 4) is 0 Å². The van der Waals surface area contributed by atoms with Crippen LogP contribution in [-0.2, 0) is 0 Å². The van der Waals surface area contributed by atoms with Crippen molar-refractivity contribution in [2.24, 2.45) is 0 Å². The molecule has 0 saturated carbocycles. The first-order chi connectivity index (χ1) is 9.12. The Labute approximate surface area is 122 Å². The maximum absolute atomic E-state index is 2.37. The van der Waals surface area contributed by atoms with E-state index in [-0.39, 0.29) is 0 Å². The van der Waals surface area contributed by atoms with E-state index in [4.69, 9.17) is 0 Å². The standard InChI is InChI=1S/C18H36N/c1-5-7-9-11-13-15-17-19(3,4)18-16-14-12-10-8-6-2/h11-14H,5-10,15-18H2,1-4H3/q+1/b13-11+,14-12+. The van der Waals surface area contributed by atoms with Gasteiger partial charge in [-0.15, -0.1) is 0 Å². The Morgan fingerprint density at radius 1 is 0.632 bits per heavy atom. The van der Waals surface area contributed by atoms with E-state index >= 15 is 0 Å². The van der Waals surface area contributed by atoms with Gasteiger partial charge in [0, 0.05) is 12.8 Å². The van der Waals surface area contributed by atoms with E-state index in [1.54, 1.807) is 0 Å². The Bertz CT molecular complexity index is 214. The van der Waals surface area contributed by atoms with Crippen LogP contribution in [0.3, 0.4) is 0 Å². The number of allylic oxidation sites excluding steroid dienone is 2. The molecule has 0 radical (unpaired) electrons. The van der Waals surface area contributed by atoms with Crippen molar-refractivity contribution < 1.29 is 4.48 Å². The van der Waals surface area contributed by atoms with Gasteiger partial charge in [-0.2, -0.15) is 0 Å². The normalized spacial score (nSPS) is 12.8. The first kappa shape index (κ1) is 18.4. The third kappa shape index (κ3) is 13.7. The first-order valence-corrected chi connectivity index (χ1v) is 8.24. The van der Waals surface area contributed by atoms with Gasteiger partial charge < -0.3 is 4.48 Å². The molecule has 0 aliphatic rings. The van der Waals surface area contributed by atoms with Gasteiger partial charge in [0.25, 0.3) is 0 Å². The maximum atomic E-state index is 2.37. The van der Waals surface area contributed by atoms with E-state index in [1.165, 1.54) is 64.5 Å². The summed E-state index contributed by atoms with van der Waals surface area (Å²) >= 11 is 0. The zero-order valence-corrected chi connectivity index (χ0v) is 13.8. The third-order valence-corrected chi connectivity index (χ3v) is 3.58. The van der Waals surface area contributed by atoms with Gasteiger partial charge in [-0.3, -0.25) is 0 Å². The molecule has 0 aromatic carbocycles. The predicted octanol–water partition coefficient (Wildman–Crippen LogP) is 5.34. The van der Waals surface area contributed by atoms with Crippen LogP contribution >= 0.6 is 0 Å². The molecule has 0 fully saturated rings. The van der Waals surface area contributed by atoms with Gasteiger partial charge in [0.05, 0.1) is 27.2 Å². The minimum atomic E-state index is 1.14. The zero-order chi connectivity index (χ0) is 14.4. The summed E-state index contributed by atoms with van der Waals surface area (Å²) in [6, 6.07) is 0. The molecule has 19 heavy (non-hydrogen) atoms. The second kappa shape index (κ2) is 12.5. The number of hydrogen-bond donors (Lipinski definition) is 0. The second-order valence-electron chi connectivity index (χ2n) is 6.19. The minimum Gasteiger partial charge on any atom is -0.328 e. The second-order valence-corrected chi connectivity index (χ2v) is 6.19. The molecule has 0 aromatic heterocycles. The highest BCUT2D eigenvalue weighted by Gasteiger charge is 2.11. The summed E-state index contributed by atoms with van der Waals surface area (Å²) in [6.45, 7) is 7.01. The monoisotopic (exact) mass is 266 g/mol. The Hall–Kier alpha value is -0.560. The van der Waals surface area contributed by atoms with Crippen molar-refractivity contribution >= 4 is 0 Å². The van der Waals surface area contributed by atoms with Gasteiger partial charge in [0.2, 0.25) is 0 Å². The fraction of sp³-hybridized carbons (Fsp3) is 0.778. The van der Waals surface area contributed by atoms with Crippen molar-refractivity contribution in [3.63, 3.8) is 0 Å². The van der Waals surface area contributed by atoms with Gasteiger partial charge in [-0.05, 0) is 12.8 Å². The van der Waals surface area contributed by atoms with E-state index in [1.807, 2.05) is 0 Å². The van der Waals surface area contributed by atoms with Gasteiger partial charge in [0.15, 0.2) is 0 Å². The summed E-state index contributed by atoms with van der Waals surface area (Å²) in [4.78, 5) is 0. The zero-order valence-electron chi connectivity index (χ0n) is 13.8. The molecule has 0 atom stereocenters. The van der Waals surface area contributed by atoms with Gasteiger partial charge >= 0.3 is 0 Å². The molecule has 0 N–H and O–H groups in total. The van der Waals surface area contributed by atoms with Crippen molar-refractivity contribution in [1.29, 1.82) is 0 Å². The molecular weight excluding hydrogens is 230 g/mol. The van der Waals surface area contributed by atoms with Crippen LogP contribution in [0.25, 0.3) is 0 Å². The summed E-state index contributed by atoms with van der Waals surface area (Å²) in [5.41, 5.74) is 0. The lowest BCUT2D eigenvalue weighted by atomic mass is 10.2. The molecule has 0 saturated heterocycles. The van der Waals surface area contributed by atoms with E-state index in [9.17, 15) is 0 Å². The SMILES string of the molecule is CCCC/C=C/CC[N+](C)(C)CC/C=C/CCCC. The average molecular weight is 266 g/mol. The molecule has 0 aromatic rings. The van der Waals surface area contributed by atoms with Crippen LogP contribution in [-0.4, -0.2) is 31.7 Å². The highest BCUT2D eigenvalue weighted by atomic mass is 15.3. The molecule has 0 bridgehead atoms. The minimum absolute atomic E-state index is 1.14. The average Bonchev–Trinajstić information content (AvgIpc) is 2.38. The van der Waals surface area contributed by atoms with Crippen molar-refractivity contribution in [3.05, 3.63) is 24.3 Å². The Morgan fingerprint density at radius 3 is 1.37 bits per heavy atom. The van der Waals surface area contributed by atoms with E-state index in [0.717, 1.165) is 4.48 Å².